The van der Waals surface area contributed by atoms with Crippen LogP contribution in [0.1, 0.15) is 18.9 Å². The van der Waals surface area contributed by atoms with Gasteiger partial charge >= 0.3 is 0 Å². The summed E-state index contributed by atoms with van der Waals surface area (Å²) in [4.78, 5) is 0. The molecule has 0 atom stereocenters. The first kappa shape index (κ1) is 13.9. The Kier molecular flexibility index (Phi) is 4.27. The van der Waals surface area contributed by atoms with Gasteiger partial charge in [0, 0.05) is 0 Å². The van der Waals surface area contributed by atoms with Crippen molar-refractivity contribution in [2.75, 3.05) is 11.5 Å². The zero-order valence-corrected chi connectivity index (χ0v) is 13.2. The molecule has 0 aromatic heterocycles. The fraction of sp³-hybridized carbons (Fsp3) is 0.294. The summed E-state index contributed by atoms with van der Waals surface area (Å²) in [6, 6.07) is 18.5. The highest BCUT2D eigenvalue weighted by atomic mass is 32.2. The molecule has 0 N–H and O–H groups in total. The Hall–Kier alpha value is -1.06. The van der Waals surface area contributed by atoms with Gasteiger partial charge in [-0.1, -0.05) is 30.3 Å². The molecule has 0 aliphatic carbocycles. The first-order valence-electron chi connectivity index (χ1n) is 6.88. The zero-order valence-electron chi connectivity index (χ0n) is 11.5. The van der Waals surface area contributed by atoms with Gasteiger partial charge in [-0.2, -0.15) is 0 Å². The summed E-state index contributed by atoms with van der Waals surface area (Å²) in [7, 11) is 0. The Bertz CT molecular complexity index is 545. The zero-order chi connectivity index (χ0) is 13.8. The first-order valence-corrected chi connectivity index (χ1v) is 8.85. The molecule has 1 aliphatic rings. The molecular formula is C17H18OS2. The fourth-order valence-corrected chi connectivity index (χ4v) is 5.23. The van der Waals surface area contributed by atoms with Crippen molar-refractivity contribution in [1.29, 1.82) is 0 Å². The second-order valence-corrected chi connectivity index (χ2v) is 8.22. The third kappa shape index (κ3) is 3.15. The molecule has 1 nitrogen and oxygen atoms in total. The standard InChI is InChI=1S/C17H18OS2/c1-17(19-12-5-13-20-17)14-8-10-16(11-9-14)18-15-6-3-2-4-7-15/h2-4,6-11H,5,12-13H2,1H3. The molecule has 104 valence electrons. The smallest absolute Gasteiger partial charge is 0.127 e. The van der Waals surface area contributed by atoms with Crippen LogP contribution in [0.2, 0.25) is 0 Å². The number of ether oxygens (including phenoxy) is 1. The molecule has 0 saturated carbocycles. The van der Waals surface area contributed by atoms with E-state index in [9.17, 15) is 0 Å². The van der Waals surface area contributed by atoms with Crippen molar-refractivity contribution in [3.63, 3.8) is 0 Å². The lowest BCUT2D eigenvalue weighted by Crippen LogP contribution is -2.18. The number of rotatable bonds is 3. The topological polar surface area (TPSA) is 9.23 Å². The highest BCUT2D eigenvalue weighted by Crippen LogP contribution is 2.49. The van der Waals surface area contributed by atoms with E-state index in [1.54, 1.807) is 0 Å². The molecule has 20 heavy (non-hydrogen) atoms. The van der Waals surface area contributed by atoms with Crippen molar-refractivity contribution in [2.24, 2.45) is 0 Å². The van der Waals surface area contributed by atoms with Crippen LogP contribution in [-0.2, 0) is 4.08 Å². The Morgan fingerprint density at radius 3 is 2.10 bits per heavy atom. The van der Waals surface area contributed by atoms with Gasteiger partial charge in [0.05, 0.1) is 4.08 Å². The fourth-order valence-electron chi connectivity index (χ4n) is 2.25. The molecule has 2 aromatic rings. The first-order chi connectivity index (χ1) is 9.76. The van der Waals surface area contributed by atoms with E-state index < -0.39 is 0 Å². The molecule has 1 fully saturated rings. The van der Waals surface area contributed by atoms with Crippen LogP contribution >= 0.6 is 23.5 Å². The average molecular weight is 302 g/mol. The summed E-state index contributed by atoms with van der Waals surface area (Å²) in [6.07, 6.45) is 1.32. The minimum absolute atomic E-state index is 0.198. The third-order valence-electron chi connectivity index (χ3n) is 3.40. The minimum atomic E-state index is 0.198. The highest BCUT2D eigenvalue weighted by Gasteiger charge is 2.30. The Morgan fingerprint density at radius 1 is 0.850 bits per heavy atom. The third-order valence-corrected chi connectivity index (χ3v) is 6.67. The van der Waals surface area contributed by atoms with Crippen LogP contribution < -0.4 is 4.74 Å². The molecule has 2 aromatic carbocycles. The maximum absolute atomic E-state index is 5.84. The highest BCUT2D eigenvalue weighted by molar-refractivity contribution is 8.18. The van der Waals surface area contributed by atoms with Gasteiger partial charge in [0.2, 0.25) is 0 Å². The summed E-state index contributed by atoms with van der Waals surface area (Å²) in [5.74, 6) is 4.29. The molecule has 0 spiro atoms. The van der Waals surface area contributed by atoms with Crippen LogP contribution in [0, 0.1) is 0 Å². The van der Waals surface area contributed by atoms with Gasteiger partial charge in [-0.25, -0.2) is 0 Å². The van der Waals surface area contributed by atoms with E-state index in [0.29, 0.717) is 0 Å². The Balaban J connectivity index is 1.74. The molecule has 1 heterocycles. The van der Waals surface area contributed by atoms with Crippen LogP contribution in [0.15, 0.2) is 54.6 Å². The molecule has 1 aliphatic heterocycles. The SMILES string of the molecule is CC1(c2ccc(Oc3ccccc3)cc2)SCCCS1. The number of benzene rings is 2. The summed E-state index contributed by atoms with van der Waals surface area (Å²) < 4.78 is 6.04. The lowest BCUT2D eigenvalue weighted by atomic mass is 10.1. The van der Waals surface area contributed by atoms with E-state index >= 15 is 0 Å². The second kappa shape index (κ2) is 6.15. The van der Waals surface area contributed by atoms with Crippen molar-refractivity contribution in [3.05, 3.63) is 60.2 Å². The molecule has 0 radical (unpaired) electrons. The lowest BCUT2D eigenvalue weighted by molar-refractivity contribution is 0.482. The summed E-state index contributed by atoms with van der Waals surface area (Å²) >= 11 is 4.10. The van der Waals surface area contributed by atoms with E-state index in [4.69, 9.17) is 4.74 Å². The summed E-state index contributed by atoms with van der Waals surface area (Å²) in [5.41, 5.74) is 1.38. The molecule has 3 heteroatoms. The van der Waals surface area contributed by atoms with Gasteiger partial charge in [0.1, 0.15) is 11.5 Å². The van der Waals surface area contributed by atoms with E-state index in [2.05, 4.69) is 54.7 Å². The monoisotopic (exact) mass is 302 g/mol. The predicted molar refractivity (Wildman–Crippen MR) is 89.8 cm³/mol. The predicted octanol–water partition coefficient (Wildman–Crippen LogP) is 5.52. The van der Waals surface area contributed by atoms with Crippen molar-refractivity contribution < 1.29 is 4.74 Å². The van der Waals surface area contributed by atoms with Gasteiger partial charge in [-0.3, -0.25) is 0 Å². The summed E-state index contributed by atoms with van der Waals surface area (Å²) in [6.45, 7) is 2.33. The van der Waals surface area contributed by atoms with E-state index in [-0.39, 0.29) is 4.08 Å². The normalized spacial score (nSPS) is 17.6. The molecule has 0 bridgehead atoms. The Morgan fingerprint density at radius 2 is 1.45 bits per heavy atom. The molecular weight excluding hydrogens is 284 g/mol. The van der Waals surface area contributed by atoms with Crippen molar-refractivity contribution in [2.45, 2.75) is 17.4 Å². The van der Waals surface area contributed by atoms with E-state index in [0.717, 1.165) is 11.5 Å². The molecule has 0 unspecified atom stereocenters. The molecule has 0 amide bonds. The van der Waals surface area contributed by atoms with Gasteiger partial charge in [0.25, 0.3) is 0 Å². The number of hydrogen-bond donors (Lipinski definition) is 0. The quantitative estimate of drug-likeness (QED) is 0.738. The van der Waals surface area contributed by atoms with Crippen LogP contribution in [0.5, 0.6) is 11.5 Å². The van der Waals surface area contributed by atoms with Gasteiger partial charge in [-0.05, 0) is 54.7 Å². The average Bonchev–Trinajstić information content (AvgIpc) is 2.50. The minimum Gasteiger partial charge on any atom is -0.457 e. The molecule has 1 saturated heterocycles. The van der Waals surface area contributed by atoms with Crippen LogP contribution in [0.3, 0.4) is 0 Å². The van der Waals surface area contributed by atoms with Crippen LogP contribution in [0.25, 0.3) is 0 Å². The van der Waals surface area contributed by atoms with Crippen molar-refractivity contribution in [3.8, 4) is 11.5 Å². The van der Waals surface area contributed by atoms with E-state index in [1.165, 1.54) is 23.5 Å². The molecule has 3 rings (SSSR count). The number of para-hydroxylation sites is 1. The lowest BCUT2D eigenvalue weighted by Gasteiger charge is -2.32. The van der Waals surface area contributed by atoms with Gasteiger partial charge in [-0.15, -0.1) is 23.5 Å². The summed E-state index contributed by atoms with van der Waals surface area (Å²) in [5, 5.41) is 0. The number of hydrogen-bond acceptors (Lipinski definition) is 3. The van der Waals surface area contributed by atoms with Crippen LogP contribution in [-0.4, -0.2) is 11.5 Å². The largest absolute Gasteiger partial charge is 0.457 e. The van der Waals surface area contributed by atoms with Crippen molar-refractivity contribution >= 4 is 23.5 Å². The Labute approximate surface area is 129 Å². The number of thioether (sulfide) groups is 2. The maximum atomic E-state index is 5.84. The van der Waals surface area contributed by atoms with E-state index in [1.807, 2.05) is 30.3 Å². The van der Waals surface area contributed by atoms with Crippen LogP contribution in [0.4, 0.5) is 0 Å². The van der Waals surface area contributed by atoms with Crippen molar-refractivity contribution in [1.82, 2.24) is 0 Å². The second-order valence-electron chi connectivity index (χ2n) is 4.94. The maximum Gasteiger partial charge on any atom is 0.127 e. The van der Waals surface area contributed by atoms with Gasteiger partial charge in [0.15, 0.2) is 0 Å². The van der Waals surface area contributed by atoms with Gasteiger partial charge < -0.3 is 4.74 Å².